The van der Waals surface area contributed by atoms with Crippen LogP contribution in [-0.2, 0) is 4.74 Å². The van der Waals surface area contributed by atoms with Crippen LogP contribution in [0.4, 0.5) is 0 Å². The first kappa shape index (κ1) is 13.3. The fourth-order valence-corrected chi connectivity index (χ4v) is 3.96. The molecule has 0 radical (unpaired) electrons. The first-order chi connectivity index (χ1) is 8.11. The van der Waals surface area contributed by atoms with Crippen molar-refractivity contribution in [1.82, 2.24) is 4.90 Å². The van der Waals surface area contributed by atoms with E-state index in [1.54, 1.807) is 0 Å². The molecule has 0 aromatic rings. The zero-order valence-electron chi connectivity index (χ0n) is 11.6. The lowest BCUT2D eigenvalue weighted by atomic mass is 9.75. The van der Waals surface area contributed by atoms with E-state index in [0.29, 0.717) is 18.2 Å². The third-order valence-electron chi connectivity index (χ3n) is 4.63. The van der Waals surface area contributed by atoms with E-state index >= 15 is 0 Å². The SMILES string of the molecule is COC1CCCN(C2C(C)CC(C)CC2N)C1. The molecule has 1 heterocycles. The Morgan fingerprint density at radius 2 is 2.00 bits per heavy atom. The van der Waals surface area contributed by atoms with Crippen LogP contribution in [0.3, 0.4) is 0 Å². The van der Waals surface area contributed by atoms with Crippen molar-refractivity contribution in [3.05, 3.63) is 0 Å². The third-order valence-corrected chi connectivity index (χ3v) is 4.63. The topological polar surface area (TPSA) is 38.5 Å². The Bertz CT molecular complexity index is 234. The molecule has 0 spiro atoms. The molecule has 1 saturated carbocycles. The maximum Gasteiger partial charge on any atom is 0.0698 e. The van der Waals surface area contributed by atoms with Gasteiger partial charge in [-0.15, -0.1) is 0 Å². The Hall–Kier alpha value is -0.120. The average molecular weight is 240 g/mol. The van der Waals surface area contributed by atoms with Crippen molar-refractivity contribution in [2.75, 3.05) is 20.2 Å². The van der Waals surface area contributed by atoms with Gasteiger partial charge in [0.05, 0.1) is 6.10 Å². The third kappa shape index (κ3) is 3.01. The van der Waals surface area contributed by atoms with Crippen LogP contribution in [0.1, 0.15) is 39.5 Å². The molecule has 3 nitrogen and oxygen atoms in total. The Kier molecular flexibility index (Phi) is 4.45. The summed E-state index contributed by atoms with van der Waals surface area (Å²) in [5.41, 5.74) is 6.40. The molecular weight excluding hydrogens is 212 g/mol. The standard InChI is InChI=1S/C14H28N2O/c1-10-7-11(2)14(13(15)8-10)16-6-4-5-12(9-16)17-3/h10-14H,4-9,15H2,1-3H3. The minimum absolute atomic E-state index is 0.351. The van der Waals surface area contributed by atoms with E-state index < -0.39 is 0 Å². The largest absolute Gasteiger partial charge is 0.380 e. The summed E-state index contributed by atoms with van der Waals surface area (Å²) in [5.74, 6) is 1.52. The summed E-state index contributed by atoms with van der Waals surface area (Å²) in [6.45, 7) is 6.99. The van der Waals surface area contributed by atoms with E-state index in [0.717, 1.165) is 18.4 Å². The van der Waals surface area contributed by atoms with E-state index in [1.165, 1.54) is 32.2 Å². The fraction of sp³-hybridized carbons (Fsp3) is 1.00. The molecule has 1 aliphatic heterocycles. The van der Waals surface area contributed by atoms with Gasteiger partial charge >= 0.3 is 0 Å². The van der Waals surface area contributed by atoms with Gasteiger partial charge in [-0.05, 0) is 44.1 Å². The number of piperidine rings is 1. The second-order valence-electron chi connectivity index (χ2n) is 6.20. The molecule has 5 atom stereocenters. The van der Waals surface area contributed by atoms with Gasteiger partial charge in [-0.25, -0.2) is 0 Å². The quantitative estimate of drug-likeness (QED) is 0.800. The monoisotopic (exact) mass is 240 g/mol. The predicted molar refractivity (Wildman–Crippen MR) is 70.9 cm³/mol. The van der Waals surface area contributed by atoms with Crippen molar-refractivity contribution < 1.29 is 4.74 Å². The van der Waals surface area contributed by atoms with Crippen molar-refractivity contribution in [2.24, 2.45) is 17.6 Å². The van der Waals surface area contributed by atoms with E-state index in [4.69, 9.17) is 10.5 Å². The first-order valence-electron chi connectivity index (χ1n) is 7.14. The van der Waals surface area contributed by atoms with Crippen LogP contribution in [-0.4, -0.2) is 43.3 Å². The number of nitrogens with two attached hydrogens (primary N) is 1. The van der Waals surface area contributed by atoms with Gasteiger partial charge in [-0.2, -0.15) is 0 Å². The maximum atomic E-state index is 6.40. The van der Waals surface area contributed by atoms with Crippen molar-refractivity contribution in [3.63, 3.8) is 0 Å². The number of nitrogens with zero attached hydrogens (tertiary/aromatic N) is 1. The van der Waals surface area contributed by atoms with E-state index in [9.17, 15) is 0 Å². The Morgan fingerprint density at radius 3 is 2.65 bits per heavy atom. The van der Waals surface area contributed by atoms with Crippen LogP contribution < -0.4 is 5.73 Å². The molecule has 17 heavy (non-hydrogen) atoms. The number of rotatable bonds is 2. The van der Waals surface area contributed by atoms with Gasteiger partial charge in [0.1, 0.15) is 0 Å². The Morgan fingerprint density at radius 1 is 1.24 bits per heavy atom. The fourth-order valence-electron chi connectivity index (χ4n) is 3.96. The van der Waals surface area contributed by atoms with Gasteiger partial charge in [0, 0.05) is 25.7 Å². The van der Waals surface area contributed by atoms with Crippen LogP contribution >= 0.6 is 0 Å². The molecule has 2 aliphatic rings. The lowest BCUT2D eigenvalue weighted by molar-refractivity contribution is -0.0140. The maximum absolute atomic E-state index is 6.40. The van der Waals surface area contributed by atoms with Crippen LogP contribution in [0.5, 0.6) is 0 Å². The number of methoxy groups -OCH3 is 1. The van der Waals surface area contributed by atoms with E-state index in [2.05, 4.69) is 18.7 Å². The van der Waals surface area contributed by atoms with Gasteiger partial charge in [0.15, 0.2) is 0 Å². The normalized spacial score (nSPS) is 44.8. The average Bonchev–Trinajstić information content (AvgIpc) is 2.28. The second-order valence-corrected chi connectivity index (χ2v) is 6.20. The van der Waals surface area contributed by atoms with Gasteiger partial charge in [0.25, 0.3) is 0 Å². The minimum Gasteiger partial charge on any atom is -0.380 e. The van der Waals surface area contributed by atoms with Crippen molar-refractivity contribution >= 4 is 0 Å². The molecule has 2 fully saturated rings. The molecule has 0 amide bonds. The van der Waals surface area contributed by atoms with Crippen LogP contribution in [0.25, 0.3) is 0 Å². The highest BCUT2D eigenvalue weighted by Crippen LogP contribution is 2.32. The molecule has 3 heteroatoms. The van der Waals surface area contributed by atoms with Crippen molar-refractivity contribution in [3.8, 4) is 0 Å². The smallest absolute Gasteiger partial charge is 0.0698 e. The predicted octanol–water partition coefficient (Wildman–Crippen LogP) is 1.86. The summed E-state index contributed by atoms with van der Waals surface area (Å²) >= 11 is 0. The summed E-state index contributed by atoms with van der Waals surface area (Å²) in [7, 11) is 1.83. The van der Waals surface area contributed by atoms with Gasteiger partial charge < -0.3 is 10.5 Å². The van der Waals surface area contributed by atoms with Crippen LogP contribution in [0, 0.1) is 11.8 Å². The number of hydrogen-bond acceptors (Lipinski definition) is 3. The molecule has 0 aromatic heterocycles. The number of likely N-dealkylation sites (tertiary alicyclic amines) is 1. The van der Waals surface area contributed by atoms with Gasteiger partial charge in [0.2, 0.25) is 0 Å². The van der Waals surface area contributed by atoms with E-state index in [-0.39, 0.29) is 0 Å². The minimum atomic E-state index is 0.351. The number of hydrogen-bond donors (Lipinski definition) is 1. The highest BCUT2D eigenvalue weighted by molar-refractivity contribution is 4.94. The summed E-state index contributed by atoms with van der Waals surface area (Å²) in [4.78, 5) is 2.60. The molecule has 2 rings (SSSR count). The molecule has 1 saturated heterocycles. The molecule has 0 bridgehead atoms. The molecule has 100 valence electrons. The van der Waals surface area contributed by atoms with Crippen LogP contribution in [0.15, 0.2) is 0 Å². The van der Waals surface area contributed by atoms with Gasteiger partial charge in [-0.1, -0.05) is 13.8 Å². The first-order valence-corrected chi connectivity index (χ1v) is 7.14. The number of ether oxygens (including phenoxy) is 1. The summed E-state index contributed by atoms with van der Waals surface area (Å²) in [5, 5.41) is 0. The van der Waals surface area contributed by atoms with Crippen molar-refractivity contribution in [1.29, 1.82) is 0 Å². The summed E-state index contributed by atoms with van der Waals surface area (Å²) in [6, 6.07) is 0.925. The lowest BCUT2D eigenvalue weighted by Crippen LogP contribution is -2.58. The second kappa shape index (κ2) is 5.68. The molecular formula is C14H28N2O. The van der Waals surface area contributed by atoms with Crippen molar-refractivity contribution in [2.45, 2.75) is 57.7 Å². The summed E-state index contributed by atoms with van der Waals surface area (Å²) in [6.07, 6.45) is 5.39. The van der Waals surface area contributed by atoms with Gasteiger partial charge in [-0.3, -0.25) is 4.90 Å². The molecule has 1 aliphatic carbocycles. The zero-order chi connectivity index (χ0) is 12.4. The highest BCUT2D eigenvalue weighted by atomic mass is 16.5. The van der Waals surface area contributed by atoms with Crippen LogP contribution in [0.2, 0.25) is 0 Å². The molecule has 5 unspecified atom stereocenters. The molecule has 0 aromatic carbocycles. The molecule has 2 N–H and O–H groups in total. The highest BCUT2D eigenvalue weighted by Gasteiger charge is 2.37. The Balaban J connectivity index is 1.99. The zero-order valence-corrected chi connectivity index (χ0v) is 11.6. The Labute approximate surface area is 106 Å². The van der Waals surface area contributed by atoms with E-state index in [1.807, 2.05) is 7.11 Å². The lowest BCUT2D eigenvalue weighted by Gasteiger charge is -2.47. The summed E-state index contributed by atoms with van der Waals surface area (Å²) < 4.78 is 5.52.